The van der Waals surface area contributed by atoms with Gasteiger partial charge in [0.15, 0.2) is 0 Å². The largest absolute Gasteiger partial charge is 0.481 e. The van der Waals surface area contributed by atoms with Crippen LogP contribution in [0.15, 0.2) is 64.0 Å². The maximum Gasteiger partial charge on any atom is 0.303 e. The minimum Gasteiger partial charge on any atom is -0.481 e. The van der Waals surface area contributed by atoms with E-state index in [4.69, 9.17) is 28.2 Å². The quantitative estimate of drug-likeness (QED) is 0.552. The Balaban J connectivity index is 0.000000537. The molecule has 0 radical (unpaired) electrons. The second-order valence-electron chi connectivity index (χ2n) is 6.14. The van der Waals surface area contributed by atoms with E-state index in [-0.39, 0.29) is 6.42 Å². The molecule has 0 saturated heterocycles. The highest BCUT2D eigenvalue weighted by molar-refractivity contribution is 5.79. The van der Waals surface area contributed by atoms with Gasteiger partial charge in [0.25, 0.3) is 0 Å². The molecule has 2 N–H and O–H groups in total. The summed E-state index contributed by atoms with van der Waals surface area (Å²) in [5.41, 5.74) is 2.89. The molecule has 2 aromatic carbocycles. The zero-order chi connectivity index (χ0) is 21.4. The molecule has 3 rings (SSSR count). The highest BCUT2D eigenvalue weighted by Crippen LogP contribution is 2.22. The number of halogens is 1. The van der Waals surface area contributed by atoms with Crippen molar-refractivity contribution in [3.05, 3.63) is 65.5 Å². The highest BCUT2D eigenvalue weighted by Gasteiger charge is 2.06. The molecule has 0 amide bonds. The van der Waals surface area contributed by atoms with Crippen LogP contribution in [0.3, 0.4) is 0 Å². The normalized spacial score (nSPS) is 11.8. The number of aryl methyl sites for hydroxylation is 1. The lowest BCUT2D eigenvalue weighted by Gasteiger charge is -2.06. The molecule has 0 saturated carbocycles. The lowest BCUT2D eigenvalue weighted by Crippen LogP contribution is -2.58. The molecule has 1 aromatic heterocycles. The van der Waals surface area contributed by atoms with Crippen molar-refractivity contribution in [1.29, 1.82) is 0 Å². The Kier molecular flexibility index (Phi) is 7.89. The molecule has 0 spiro atoms. The van der Waals surface area contributed by atoms with Crippen LogP contribution in [-0.4, -0.2) is 22.3 Å². The molecule has 154 valence electrons. The Hall–Kier alpha value is -2.75. The molecule has 3 aromatic rings. The number of hydrogen-bond donors (Lipinski definition) is 2. The third kappa shape index (κ3) is 8.02. The zero-order valence-electron chi connectivity index (χ0n) is 15.6. The van der Waals surface area contributed by atoms with E-state index in [0.717, 1.165) is 33.2 Å². The summed E-state index contributed by atoms with van der Waals surface area (Å²) in [6, 6.07) is 17.8. The lowest BCUT2D eigenvalue weighted by molar-refractivity contribution is -1.92. The van der Waals surface area contributed by atoms with Gasteiger partial charge >= 0.3 is 5.97 Å². The number of benzene rings is 2. The van der Waals surface area contributed by atoms with Crippen LogP contribution in [0.2, 0.25) is 0 Å². The first-order valence-corrected chi connectivity index (χ1v) is 9.85. The molecule has 0 fully saturated rings. The summed E-state index contributed by atoms with van der Waals surface area (Å²) >= 11 is 0. The van der Waals surface area contributed by atoms with E-state index in [9.17, 15) is 4.79 Å². The summed E-state index contributed by atoms with van der Waals surface area (Å²) in [6.07, 6.45) is 0.651. The molecule has 0 unspecified atom stereocenters. The summed E-state index contributed by atoms with van der Waals surface area (Å²) in [7, 11) is -4.69. The Bertz CT molecular complexity index is 1020. The van der Waals surface area contributed by atoms with Crippen molar-refractivity contribution in [3.63, 3.8) is 0 Å². The fraction of sp³-hybridized carbons (Fsp3) is 0.200. The maximum atomic E-state index is 10.6. The molecule has 8 nitrogen and oxygen atoms in total. The minimum absolute atomic E-state index is 0.128. The molecule has 9 heteroatoms. The number of fused-ring (bicyclic) bond motifs is 1. The number of carbonyl (C=O) groups is 1. The van der Waals surface area contributed by atoms with Crippen molar-refractivity contribution in [2.45, 2.75) is 19.8 Å². The molecule has 0 bridgehead atoms. The Labute approximate surface area is 168 Å². The minimum atomic E-state index is -4.69. The van der Waals surface area contributed by atoms with Gasteiger partial charge in [-0.05, 0) is 31.0 Å². The van der Waals surface area contributed by atoms with Gasteiger partial charge < -0.3 is 9.52 Å². The number of rotatable bonds is 5. The van der Waals surface area contributed by atoms with E-state index < -0.39 is 16.2 Å². The third-order valence-corrected chi connectivity index (χ3v) is 3.79. The zero-order valence-corrected chi connectivity index (χ0v) is 16.3. The first kappa shape index (κ1) is 22.5. The highest BCUT2D eigenvalue weighted by atomic mass is 35.7. The molecule has 1 heterocycles. The van der Waals surface area contributed by atoms with Crippen LogP contribution in [0, 0.1) is 17.2 Å². The second kappa shape index (κ2) is 10.1. The first-order valence-electron chi connectivity index (χ1n) is 8.59. The van der Waals surface area contributed by atoms with Crippen LogP contribution in [0.1, 0.15) is 18.4 Å². The van der Waals surface area contributed by atoms with Gasteiger partial charge in [0.2, 0.25) is 0 Å². The van der Waals surface area contributed by atoms with Gasteiger partial charge in [-0.1, -0.05) is 36.4 Å². The fourth-order valence-corrected chi connectivity index (χ4v) is 2.58. The van der Waals surface area contributed by atoms with Crippen LogP contribution in [0.25, 0.3) is 22.3 Å². The molecule has 0 aliphatic heterocycles. The van der Waals surface area contributed by atoms with Crippen LogP contribution in [0.5, 0.6) is 0 Å². The monoisotopic (exact) mass is 421 g/mol. The fourth-order valence-electron chi connectivity index (χ4n) is 2.58. The number of hydrogen-bond acceptors (Lipinski definition) is 7. The molecular formula is C20H20ClNO7. The topological polar surface area (TPSA) is 152 Å². The van der Waals surface area contributed by atoms with Crippen LogP contribution < -0.4 is 19.3 Å². The Morgan fingerprint density at radius 3 is 2.38 bits per heavy atom. The van der Waals surface area contributed by atoms with E-state index in [1.54, 1.807) is 0 Å². The Morgan fingerprint density at radius 1 is 1.10 bits per heavy atom. The standard InChI is InChI=1S/C20H19NO3.ClHO4/c1-14-9-10-16-17(21-11-5-8-20(22)23)13-18(24-19(16)12-14)15-6-3-2-4-7-15;2-1(3,4)5/h2-4,6-7,9-10,12-13H,5,8,11H2,1H3,(H,22,23);(H,2,3,4,5). The summed E-state index contributed by atoms with van der Waals surface area (Å²) in [4.78, 5) is 15.2. The van der Waals surface area contributed by atoms with Gasteiger partial charge in [-0.3, -0.25) is 9.79 Å². The average molecular weight is 422 g/mol. The van der Waals surface area contributed by atoms with E-state index in [1.807, 2.05) is 61.5 Å². The predicted octanol–water partition coefficient (Wildman–Crippen LogP) is 0.0497. The summed E-state index contributed by atoms with van der Waals surface area (Å²) in [5, 5.41) is 10.5. The number of carboxylic acid groups (broad SMARTS) is 1. The first-order chi connectivity index (χ1) is 13.6. The van der Waals surface area contributed by atoms with Crippen molar-refractivity contribution in [1.82, 2.24) is 0 Å². The third-order valence-electron chi connectivity index (χ3n) is 3.79. The van der Waals surface area contributed by atoms with Gasteiger partial charge in [0.1, 0.15) is 11.3 Å². The molecule has 0 aliphatic carbocycles. The number of aliphatic carboxylic acids is 1. The number of carboxylic acids is 1. The average Bonchev–Trinajstić information content (AvgIpc) is 2.63. The smallest absolute Gasteiger partial charge is 0.303 e. The van der Waals surface area contributed by atoms with Gasteiger partial charge in [-0.2, -0.15) is 14.0 Å². The summed E-state index contributed by atoms with van der Waals surface area (Å²) in [6.45, 7) is 2.50. The summed E-state index contributed by atoms with van der Waals surface area (Å²) < 4.78 is 38.8. The van der Waals surface area contributed by atoms with Gasteiger partial charge in [0, 0.05) is 30.0 Å². The number of nitrogens with zero attached hydrogens (tertiary/aromatic N) is 1. The van der Waals surface area contributed by atoms with E-state index in [1.165, 1.54) is 0 Å². The predicted molar refractivity (Wildman–Crippen MR) is 95.9 cm³/mol. The molecular weight excluding hydrogens is 402 g/mol. The molecule has 29 heavy (non-hydrogen) atoms. The van der Waals surface area contributed by atoms with Gasteiger partial charge in [-0.15, -0.1) is 0 Å². The Morgan fingerprint density at radius 2 is 1.76 bits per heavy atom. The van der Waals surface area contributed by atoms with Crippen LogP contribution in [0.4, 0.5) is 0 Å². The van der Waals surface area contributed by atoms with Crippen LogP contribution >= 0.6 is 0 Å². The van der Waals surface area contributed by atoms with Crippen molar-refractivity contribution >= 4 is 16.9 Å². The van der Waals surface area contributed by atoms with Crippen molar-refractivity contribution < 1.29 is 43.2 Å². The van der Waals surface area contributed by atoms with Crippen molar-refractivity contribution in [2.75, 3.05) is 6.54 Å². The van der Waals surface area contributed by atoms with Crippen molar-refractivity contribution in [2.24, 2.45) is 4.99 Å². The summed E-state index contributed by atoms with van der Waals surface area (Å²) in [5.74, 6) is -0.0376. The van der Waals surface area contributed by atoms with Gasteiger partial charge in [-0.25, -0.2) is 0 Å². The van der Waals surface area contributed by atoms with Gasteiger partial charge in [0.05, 0.1) is 20.3 Å². The van der Waals surface area contributed by atoms with E-state index in [2.05, 4.69) is 4.99 Å². The van der Waals surface area contributed by atoms with Crippen LogP contribution in [-0.2, 0) is 4.79 Å². The van der Waals surface area contributed by atoms with E-state index >= 15 is 0 Å². The SMILES string of the molecule is Cc1ccc2c(=NCCCC(=O)O)cc(-c3ccccc3)oc2c1.[O-][Cl+3]([O-])([O-])O. The molecule has 0 aliphatic rings. The lowest BCUT2D eigenvalue weighted by atomic mass is 10.1. The van der Waals surface area contributed by atoms with E-state index in [0.29, 0.717) is 13.0 Å². The maximum absolute atomic E-state index is 10.6. The second-order valence-corrected chi connectivity index (χ2v) is 6.93. The van der Waals surface area contributed by atoms with Crippen molar-refractivity contribution in [3.8, 4) is 11.3 Å². The molecule has 0 atom stereocenters.